The van der Waals surface area contributed by atoms with Crippen molar-refractivity contribution in [2.24, 2.45) is 5.92 Å². The third-order valence-electron chi connectivity index (χ3n) is 2.46. The molecule has 2 heteroatoms. The van der Waals surface area contributed by atoms with Gasteiger partial charge in [0.25, 0.3) is 0 Å². The molecular weight excluding hydrogens is 152 g/mol. The van der Waals surface area contributed by atoms with Crippen LogP contribution in [0.25, 0.3) is 0 Å². The van der Waals surface area contributed by atoms with E-state index >= 15 is 0 Å². The number of hydrogen-bond acceptors (Lipinski definition) is 2. The molecule has 0 radical (unpaired) electrons. The number of ether oxygens (including phenoxy) is 1. The van der Waals surface area contributed by atoms with Gasteiger partial charge in [-0.3, -0.25) is 4.79 Å². The van der Waals surface area contributed by atoms with Gasteiger partial charge in [-0.2, -0.15) is 0 Å². The van der Waals surface area contributed by atoms with E-state index in [1.54, 1.807) is 0 Å². The molecule has 12 heavy (non-hydrogen) atoms. The average molecular weight is 170 g/mol. The van der Waals surface area contributed by atoms with E-state index < -0.39 is 0 Å². The predicted molar refractivity (Wildman–Crippen MR) is 47.8 cm³/mol. The van der Waals surface area contributed by atoms with E-state index in [4.69, 9.17) is 4.74 Å². The van der Waals surface area contributed by atoms with E-state index in [-0.39, 0.29) is 18.0 Å². The fourth-order valence-corrected chi connectivity index (χ4v) is 1.32. The maximum atomic E-state index is 11.3. The van der Waals surface area contributed by atoms with E-state index in [1.165, 1.54) is 6.42 Å². The topological polar surface area (TPSA) is 26.3 Å². The van der Waals surface area contributed by atoms with Gasteiger partial charge in [0, 0.05) is 0 Å². The summed E-state index contributed by atoms with van der Waals surface area (Å²) in [6.07, 6.45) is 5.62. The molecule has 0 saturated heterocycles. The second-order valence-electron chi connectivity index (χ2n) is 3.68. The van der Waals surface area contributed by atoms with Crippen molar-refractivity contribution < 1.29 is 9.53 Å². The van der Waals surface area contributed by atoms with Gasteiger partial charge >= 0.3 is 5.97 Å². The summed E-state index contributed by atoms with van der Waals surface area (Å²) in [5, 5.41) is 0. The van der Waals surface area contributed by atoms with Crippen LogP contribution in [0.2, 0.25) is 0 Å². The molecule has 2 nitrogen and oxygen atoms in total. The largest absolute Gasteiger partial charge is 0.462 e. The van der Waals surface area contributed by atoms with E-state index in [9.17, 15) is 4.79 Å². The van der Waals surface area contributed by atoms with E-state index in [0.717, 1.165) is 25.7 Å². The highest BCUT2D eigenvalue weighted by Gasteiger charge is 2.23. The van der Waals surface area contributed by atoms with Gasteiger partial charge in [0.2, 0.25) is 0 Å². The number of esters is 1. The Morgan fingerprint density at radius 3 is 2.67 bits per heavy atom. The summed E-state index contributed by atoms with van der Waals surface area (Å²) in [5.74, 6) is 0.0946. The molecule has 0 aromatic heterocycles. The van der Waals surface area contributed by atoms with Gasteiger partial charge in [-0.15, -0.1) is 0 Å². The van der Waals surface area contributed by atoms with Gasteiger partial charge in [0.05, 0.1) is 5.92 Å². The highest BCUT2D eigenvalue weighted by Crippen LogP contribution is 2.23. The molecule has 0 amide bonds. The molecule has 0 heterocycles. The highest BCUT2D eigenvalue weighted by atomic mass is 16.5. The standard InChI is InChI=1S/C10H18O2/c1-3-5-8(2)10(11)12-9-6-4-7-9/h8-9H,3-7H2,1-2H3. The van der Waals surface area contributed by atoms with Crippen LogP contribution in [0.1, 0.15) is 46.0 Å². The smallest absolute Gasteiger partial charge is 0.308 e. The van der Waals surface area contributed by atoms with Crippen LogP contribution in [0.4, 0.5) is 0 Å². The maximum absolute atomic E-state index is 11.3. The fourth-order valence-electron chi connectivity index (χ4n) is 1.32. The summed E-state index contributed by atoms with van der Waals surface area (Å²) in [6.45, 7) is 4.04. The van der Waals surface area contributed by atoms with Crippen molar-refractivity contribution in [2.75, 3.05) is 0 Å². The molecule has 1 aliphatic rings. The molecule has 0 aliphatic heterocycles. The van der Waals surface area contributed by atoms with Crippen LogP contribution in [-0.2, 0) is 9.53 Å². The quantitative estimate of drug-likeness (QED) is 0.606. The Labute approximate surface area is 74.3 Å². The summed E-state index contributed by atoms with van der Waals surface area (Å²) in [4.78, 5) is 11.3. The monoisotopic (exact) mass is 170 g/mol. The number of carbonyl (C=O) groups excluding carboxylic acids is 1. The highest BCUT2D eigenvalue weighted by molar-refractivity contribution is 5.72. The zero-order valence-electron chi connectivity index (χ0n) is 8.01. The Hall–Kier alpha value is -0.530. The van der Waals surface area contributed by atoms with Crippen molar-refractivity contribution in [1.29, 1.82) is 0 Å². The van der Waals surface area contributed by atoms with Crippen LogP contribution in [-0.4, -0.2) is 12.1 Å². The van der Waals surface area contributed by atoms with Crippen molar-refractivity contribution in [1.82, 2.24) is 0 Å². The first-order valence-corrected chi connectivity index (χ1v) is 4.94. The third-order valence-corrected chi connectivity index (χ3v) is 2.46. The Morgan fingerprint density at radius 2 is 2.25 bits per heavy atom. The second-order valence-corrected chi connectivity index (χ2v) is 3.68. The van der Waals surface area contributed by atoms with Crippen molar-refractivity contribution in [3.05, 3.63) is 0 Å². The average Bonchev–Trinajstić information content (AvgIpc) is 1.97. The Kier molecular flexibility index (Phi) is 3.57. The molecule has 70 valence electrons. The minimum absolute atomic E-state index is 0.00144. The minimum atomic E-state index is 0.00144. The molecule has 0 bridgehead atoms. The van der Waals surface area contributed by atoms with Gasteiger partial charge in [0.1, 0.15) is 6.10 Å². The van der Waals surface area contributed by atoms with Gasteiger partial charge in [-0.25, -0.2) is 0 Å². The molecule has 0 N–H and O–H groups in total. The van der Waals surface area contributed by atoms with E-state index in [2.05, 4.69) is 6.92 Å². The first-order chi connectivity index (χ1) is 5.74. The molecule has 1 aliphatic carbocycles. The van der Waals surface area contributed by atoms with Crippen LogP contribution in [0.15, 0.2) is 0 Å². The fraction of sp³-hybridized carbons (Fsp3) is 0.900. The lowest BCUT2D eigenvalue weighted by molar-refractivity contribution is -0.157. The lowest BCUT2D eigenvalue weighted by Gasteiger charge is -2.26. The molecule has 0 aromatic carbocycles. The lowest BCUT2D eigenvalue weighted by atomic mass is 9.96. The number of rotatable bonds is 4. The molecular formula is C10H18O2. The van der Waals surface area contributed by atoms with Crippen LogP contribution in [0, 0.1) is 5.92 Å². The van der Waals surface area contributed by atoms with Crippen LogP contribution in [0.5, 0.6) is 0 Å². The van der Waals surface area contributed by atoms with E-state index in [1.807, 2.05) is 6.92 Å². The SMILES string of the molecule is CCCC(C)C(=O)OC1CCC1. The summed E-state index contributed by atoms with van der Waals surface area (Å²) in [7, 11) is 0. The zero-order chi connectivity index (χ0) is 8.97. The first-order valence-electron chi connectivity index (χ1n) is 4.94. The third kappa shape index (κ3) is 2.50. The summed E-state index contributed by atoms with van der Waals surface area (Å²) in [6, 6.07) is 0. The maximum Gasteiger partial charge on any atom is 0.308 e. The number of carbonyl (C=O) groups is 1. The first kappa shape index (κ1) is 9.56. The van der Waals surface area contributed by atoms with Crippen LogP contribution >= 0.6 is 0 Å². The summed E-state index contributed by atoms with van der Waals surface area (Å²) >= 11 is 0. The Morgan fingerprint density at radius 1 is 1.58 bits per heavy atom. The molecule has 1 atom stereocenters. The molecule has 0 spiro atoms. The van der Waals surface area contributed by atoms with Gasteiger partial charge in [0.15, 0.2) is 0 Å². The van der Waals surface area contributed by atoms with E-state index in [0.29, 0.717) is 0 Å². The molecule has 1 unspecified atom stereocenters. The molecule has 0 aromatic rings. The van der Waals surface area contributed by atoms with Crippen molar-refractivity contribution in [3.8, 4) is 0 Å². The molecule has 1 fully saturated rings. The Balaban J connectivity index is 2.16. The van der Waals surface area contributed by atoms with Crippen molar-refractivity contribution >= 4 is 5.97 Å². The minimum Gasteiger partial charge on any atom is -0.462 e. The van der Waals surface area contributed by atoms with Gasteiger partial charge < -0.3 is 4.74 Å². The molecule has 1 saturated carbocycles. The van der Waals surface area contributed by atoms with Crippen LogP contribution < -0.4 is 0 Å². The number of hydrogen-bond donors (Lipinski definition) is 0. The lowest BCUT2D eigenvalue weighted by Crippen LogP contribution is -2.27. The predicted octanol–water partition coefficient (Wildman–Crippen LogP) is 2.52. The van der Waals surface area contributed by atoms with Crippen molar-refractivity contribution in [2.45, 2.75) is 52.1 Å². The Bertz CT molecular complexity index is 150. The van der Waals surface area contributed by atoms with Gasteiger partial charge in [-0.05, 0) is 25.7 Å². The van der Waals surface area contributed by atoms with Crippen LogP contribution in [0.3, 0.4) is 0 Å². The molecule has 1 rings (SSSR count). The summed E-state index contributed by atoms with van der Waals surface area (Å²) < 4.78 is 5.26. The normalized spacial score (nSPS) is 19.8. The van der Waals surface area contributed by atoms with Gasteiger partial charge in [-0.1, -0.05) is 20.3 Å². The summed E-state index contributed by atoms with van der Waals surface area (Å²) in [5.41, 5.74) is 0. The van der Waals surface area contributed by atoms with Crippen molar-refractivity contribution in [3.63, 3.8) is 0 Å². The zero-order valence-corrected chi connectivity index (χ0v) is 8.01. The second kappa shape index (κ2) is 4.48.